The van der Waals surface area contributed by atoms with Gasteiger partial charge in [-0.15, -0.1) is 0 Å². The molecular formula is C11H12O3. The Morgan fingerprint density at radius 3 is 2.93 bits per heavy atom. The van der Waals surface area contributed by atoms with E-state index in [1.165, 1.54) is 0 Å². The molecule has 74 valence electrons. The van der Waals surface area contributed by atoms with Crippen LogP contribution in [-0.4, -0.2) is 18.2 Å². The molecule has 1 atom stereocenters. The second-order valence-corrected chi connectivity index (χ2v) is 3.54. The summed E-state index contributed by atoms with van der Waals surface area (Å²) in [4.78, 5) is 10.8. The molecular weight excluding hydrogens is 180 g/mol. The molecule has 3 heteroatoms. The highest BCUT2D eigenvalue weighted by Gasteiger charge is 2.28. The maximum Gasteiger partial charge on any atom is 0.307 e. The zero-order chi connectivity index (χ0) is 10.1. The van der Waals surface area contributed by atoms with Crippen molar-refractivity contribution in [2.45, 2.75) is 12.8 Å². The van der Waals surface area contributed by atoms with Gasteiger partial charge in [-0.3, -0.25) is 4.79 Å². The van der Waals surface area contributed by atoms with Crippen LogP contribution in [0.25, 0.3) is 0 Å². The number of carboxylic acid groups (broad SMARTS) is 1. The van der Waals surface area contributed by atoms with E-state index in [2.05, 4.69) is 0 Å². The van der Waals surface area contributed by atoms with Gasteiger partial charge in [0.1, 0.15) is 5.75 Å². The maximum absolute atomic E-state index is 10.8. The van der Waals surface area contributed by atoms with E-state index in [-0.39, 0.29) is 5.92 Å². The van der Waals surface area contributed by atoms with Gasteiger partial charge in [0, 0.05) is 0 Å². The summed E-state index contributed by atoms with van der Waals surface area (Å²) in [7, 11) is 1.61. The predicted octanol–water partition coefficient (Wildman–Crippen LogP) is 1.49. The van der Waals surface area contributed by atoms with Gasteiger partial charge < -0.3 is 9.84 Å². The van der Waals surface area contributed by atoms with Crippen molar-refractivity contribution in [3.63, 3.8) is 0 Å². The first kappa shape index (κ1) is 9.06. The Morgan fingerprint density at radius 1 is 1.50 bits per heavy atom. The summed E-state index contributed by atoms with van der Waals surface area (Å²) in [5.41, 5.74) is 2.17. The van der Waals surface area contributed by atoms with Crippen LogP contribution in [-0.2, 0) is 17.6 Å². The lowest BCUT2D eigenvalue weighted by Gasteiger charge is -2.05. The monoisotopic (exact) mass is 192 g/mol. The zero-order valence-electron chi connectivity index (χ0n) is 7.99. The van der Waals surface area contributed by atoms with E-state index in [4.69, 9.17) is 9.84 Å². The Balaban J connectivity index is 2.34. The summed E-state index contributed by atoms with van der Waals surface area (Å²) in [6.45, 7) is 0. The number of hydrogen-bond donors (Lipinski definition) is 1. The van der Waals surface area contributed by atoms with Crippen molar-refractivity contribution in [3.05, 3.63) is 29.3 Å². The van der Waals surface area contributed by atoms with Gasteiger partial charge in [0.15, 0.2) is 0 Å². The lowest BCUT2D eigenvalue weighted by Crippen LogP contribution is -2.12. The van der Waals surface area contributed by atoms with Crippen molar-refractivity contribution in [1.29, 1.82) is 0 Å². The number of fused-ring (bicyclic) bond motifs is 1. The average molecular weight is 192 g/mol. The number of carboxylic acids is 1. The predicted molar refractivity (Wildman–Crippen MR) is 51.5 cm³/mol. The summed E-state index contributed by atoms with van der Waals surface area (Å²) in [5, 5.41) is 8.91. The first-order chi connectivity index (χ1) is 6.72. The highest BCUT2D eigenvalue weighted by atomic mass is 16.5. The largest absolute Gasteiger partial charge is 0.496 e. The van der Waals surface area contributed by atoms with E-state index >= 15 is 0 Å². The normalized spacial score (nSPS) is 19.1. The molecule has 14 heavy (non-hydrogen) atoms. The molecule has 1 aliphatic carbocycles. The van der Waals surface area contributed by atoms with E-state index in [0.717, 1.165) is 16.9 Å². The molecule has 3 nitrogen and oxygen atoms in total. The molecule has 0 saturated carbocycles. The van der Waals surface area contributed by atoms with E-state index in [1.807, 2.05) is 18.2 Å². The van der Waals surface area contributed by atoms with Crippen LogP contribution in [0, 0.1) is 5.92 Å². The van der Waals surface area contributed by atoms with Gasteiger partial charge in [-0.1, -0.05) is 12.1 Å². The summed E-state index contributed by atoms with van der Waals surface area (Å²) in [6.07, 6.45) is 1.22. The van der Waals surface area contributed by atoms with Crippen LogP contribution in [0.2, 0.25) is 0 Å². The number of rotatable bonds is 2. The van der Waals surface area contributed by atoms with Crippen molar-refractivity contribution in [2.75, 3.05) is 7.11 Å². The Bertz CT molecular complexity index is 371. The van der Waals surface area contributed by atoms with Crippen LogP contribution in [0.3, 0.4) is 0 Å². The molecule has 1 aromatic rings. The summed E-state index contributed by atoms with van der Waals surface area (Å²) in [5.74, 6) is -0.184. The fourth-order valence-corrected chi connectivity index (χ4v) is 1.98. The minimum absolute atomic E-state index is 0.277. The first-order valence-corrected chi connectivity index (χ1v) is 4.60. The molecule has 0 aliphatic heterocycles. The number of hydrogen-bond acceptors (Lipinski definition) is 2. The number of aliphatic carboxylic acids is 1. The number of benzene rings is 1. The Hall–Kier alpha value is -1.51. The fourth-order valence-electron chi connectivity index (χ4n) is 1.98. The molecule has 0 radical (unpaired) electrons. The quantitative estimate of drug-likeness (QED) is 0.772. The van der Waals surface area contributed by atoms with Crippen molar-refractivity contribution in [2.24, 2.45) is 5.92 Å². The number of carbonyl (C=O) groups is 1. The molecule has 2 rings (SSSR count). The van der Waals surface area contributed by atoms with Gasteiger partial charge in [0.25, 0.3) is 0 Å². The van der Waals surface area contributed by atoms with E-state index in [9.17, 15) is 4.79 Å². The van der Waals surface area contributed by atoms with E-state index in [1.54, 1.807) is 7.11 Å². The Labute approximate surface area is 82.3 Å². The highest BCUT2D eigenvalue weighted by Crippen LogP contribution is 2.33. The van der Waals surface area contributed by atoms with Crippen LogP contribution in [0.1, 0.15) is 11.1 Å². The second kappa shape index (κ2) is 3.33. The van der Waals surface area contributed by atoms with Crippen molar-refractivity contribution in [3.8, 4) is 5.75 Å². The highest BCUT2D eigenvalue weighted by molar-refractivity contribution is 5.72. The molecule has 1 N–H and O–H groups in total. The molecule has 0 bridgehead atoms. The molecule has 0 heterocycles. The van der Waals surface area contributed by atoms with Crippen molar-refractivity contribution < 1.29 is 14.6 Å². The number of methoxy groups -OCH3 is 1. The van der Waals surface area contributed by atoms with Crippen molar-refractivity contribution >= 4 is 5.97 Å². The van der Waals surface area contributed by atoms with Gasteiger partial charge in [-0.25, -0.2) is 0 Å². The summed E-state index contributed by atoms with van der Waals surface area (Å²) in [6, 6.07) is 5.76. The van der Waals surface area contributed by atoms with Gasteiger partial charge in [-0.05, 0) is 30.0 Å². The molecule has 1 aromatic carbocycles. The Kier molecular flexibility index (Phi) is 2.15. The standard InChI is InChI=1S/C11H12O3/c1-14-10-4-2-3-7-5-8(11(12)13)6-9(7)10/h2-4,8H,5-6H2,1H3,(H,12,13). The Morgan fingerprint density at radius 2 is 2.29 bits per heavy atom. The van der Waals surface area contributed by atoms with Crippen LogP contribution in [0.5, 0.6) is 5.75 Å². The molecule has 1 unspecified atom stereocenters. The van der Waals surface area contributed by atoms with Gasteiger partial charge >= 0.3 is 5.97 Å². The van der Waals surface area contributed by atoms with Gasteiger partial charge in [0.05, 0.1) is 13.0 Å². The minimum atomic E-state index is -0.719. The summed E-state index contributed by atoms with van der Waals surface area (Å²) >= 11 is 0. The van der Waals surface area contributed by atoms with Crippen molar-refractivity contribution in [1.82, 2.24) is 0 Å². The van der Waals surface area contributed by atoms with Gasteiger partial charge in [-0.2, -0.15) is 0 Å². The van der Waals surface area contributed by atoms with E-state index < -0.39 is 5.97 Å². The van der Waals surface area contributed by atoms with Crippen LogP contribution >= 0.6 is 0 Å². The fraction of sp³-hybridized carbons (Fsp3) is 0.364. The summed E-state index contributed by atoms with van der Waals surface area (Å²) < 4.78 is 5.19. The third-order valence-corrected chi connectivity index (χ3v) is 2.72. The second-order valence-electron chi connectivity index (χ2n) is 3.54. The maximum atomic E-state index is 10.8. The molecule has 0 spiro atoms. The number of ether oxygens (including phenoxy) is 1. The zero-order valence-corrected chi connectivity index (χ0v) is 7.99. The van der Waals surface area contributed by atoms with Gasteiger partial charge in [0.2, 0.25) is 0 Å². The van der Waals surface area contributed by atoms with Crippen LogP contribution < -0.4 is 4.74 Å². The third kappa shape index (κ3) is 1.35. The molecule has 0 saturated heterocycles. The molecule has 1 aliphatic rings. The third-order valence-electron chi connectivity index (χ3n) is 2.72. The average Bonchev–Trinajstić information content (AvgIpc) is 2.60. The van der Waals surface area contributed by atoms with Crippen LogP contribution in [0.15, 0.2) is 18.2 Å². The van der Waals surface area contributed by atoms with E-state index in [0.29, 0.717) is 12.8 Å². The minimum Gasteiger partial charge on any atom is -0.496 e. The lowest BCUT2D eigenvalue weighted by atomic mass is 10.1. The van der Waals surface area contributed by atoms with Crippen LogP contribution in [0.4, 0.5) is 0 Å². The molecule has 0 amide bonds. The SMILES string of the molecule is COc1cccc2c1CC(C(=O)O)C2. The molecule has 0 fully saturated rings. The molecule has 0 aromatic heterocycles. The first-order valence-electron chi connectivity index (χ1n) is 4.60. The topological polar surface area (TPSA) is 46.5 Å². The lowest BCUT2D eigenvalue weighted by molar-refractivity contribution is -0.141. The smallest absolute Gasteiger partial charge is 0.307 e.